The second-order valence-electron chi connectivity index (χ2n) is 36.3. The molecule has 4 N–H and O–H groups in total. The number of carbonyl (C=O) groups is 6. The van der Waals surface area contributed by atoms with Crippen molar-refractivity contribution < 1.29 is 65.3 Å². The maximum absolute atomic E-state index is 15.1. The van der Waals surface area contributed by atoms with Crippen LogP contribution in [-0.4, -0.2) is 227 Å². The number of anilines is 4. The molecule has 4 unspecified atom stereocenters. The van der Waals surface area contributed by atoms with Gasteiger partial charge in [0, 0.05) is 104 Å². The van der Waals surface area contributed by atoms with Gasteiger partial charge in [0.15, 0.2) is 22.7 Å². The largest absolute Gasteiger partial charge is 0.374 e. The molecule has 10 fully saturated rings. The number of aromatic nitrogens is 14. The molecule has 10 aromatic rings. The molecule has 10 aliphatic rings. The molecular formula is C90H100F4N22O12. The number of hydrogen-bond acceptors (Lipinski definition) is 22. The second-order valence-corrected chi connectivity index (χ2v) is 36.3. The van der Waals surface area contributed by atoms with E-state index in [0.29, 0.717) is 135 Å². The molecular weight excluding hydrogens is 1660 g/mol. The van der Waals surface area contributed by atoms with Crippen LogP contribution in [-0.2, 0) is 52.2 Å². The molecule has 2 saturated carbocycles. The Hall–Kier alpha value is -11.9. The molecule has 2 aromatic carbocycles. The van der Waals surface area contributed by atoms with Gasteiger partial charge in [-0.2, -0.15) is 20.4 Å². The van der Waals surface area contributed by atoms with E-state index < -0.39 is 65.6 Å². The molecule has 670 valence electrons. The maximum Gasteiger partial charge on any atom is 0.329 e. The lowest BCUT2D eigenvalue weighted by Crippen LogP contribution is -2.60. The Morgan fingerprint density at radius 1 is 0.586 bits per heavy atom. The smallest absolute Gasteiger partial charge is 0.329 e. The van der Waals surface area contributed by atoms with Crippen molar-refractivity contribution in [2.24, 2.45) is 37.8 Å². The van der Waals surface area contributed by atoms with E-state index in [1.54, 1.807) is 60.1 Å². The van der Waals surface area contributed by atoms with Crippen LogP contribution in [0.2, 0.25) is 0 Å². The highest BCUT2D eigenvalue weighted by atomic mass is 19.3. The van der Waals surface area contributed by atoms with Crippen LogP contribution in [0.3, 0.4) is 0 Å². The third kappa shape index (κ3) is 15.9. The lowest BCUT2D eigenvalue weighted by molar-refractivity contribution is -0.137. The number of rotatable bonds is 21. The first kappa shape index (κ1) is 84.2. The molecule has 16 heterocycles. The van der Waals surface area contributed by atoms with Crippen molar-refractivity contribution in [1.29, 1.82) is 0 Å². The van der Waals surface area contributed by atoms with Gasteiger partial charge in [-0.05, 0) is 150 Å². The predicted molar refractivity (Wildman–Crippen MR) is 458 cm³/mol. The molecule has 38 heteroatoms. The van der Waals surface area contributed by atoms with Crippen molar-refractivity contribution in [2.45, 2.75) is 202 Å². The summed E-state index contributed by atoms with van der Waals surface area (Å²) in [5.41, 5.74) is 2.15. The van der Waals surface area contributed by atoms with Crippen molar-refractivity contribution in [3.63, 3.8) is 0 Å². The van der Waals surface area contributed by atoms with Gasteiger partial charge in [-0.25, -0.2) is 46.1 Å². The van der Waals surface area contributed by atoms with Gasteiger partial charge in [0.1, 0.15) is 48.1 Å². The van der Waals surface area contributed by atoms with Crippen LogP contribution in [0, 0.1) is 47.4 Å². The Kier molecular flexibility index (Phi) is 22.8. The highest BCUT2D eigenvalue weighted by Gasteiger charge is 2.54. The molecule has 2 aliphatic carbocycles. The van der Waals surface area contributed by atoms with E-state index in [0.717, 1.165) is 45.3 Å². The molecule has 8 aromatic heterocycles. The number of alkyl halides is 4. The number of piperidine rings is 4. The van der Waals surface area contributed by atoms with E-state index in [1.807, 2.05) is 24.3 Å². The fourth-order valence-electron chi connectivity index (χ4n) is 22.1. The summed E-state index contributed by atoms with van der Waals surface area (Å²) in [5, 5.41) is 28.0. The summed E-state index contributed by atoms with van der Waals surface area (Å²) < 4.78 is 98.4. The molecule has 4 bridgehead atoms. The van der Waals surface area contributed by atoms with Gasteiger partial charge in [-0.3, -0.25) is 71.9 Å². The third-order valence-electron chi connectivity index (χ3n) is 28.4. The zero-order valence-electron chi connectivity index (χ0n) is 71.3. The maximum atomic E-state index is 15.1. The topological polar surface area (TPSA) is 350 Å². The molecule has 128 heavy (non-hydrogen) atoms. The van der Waals surface area contributed by atoms with E-state index >= 15 is 17.6 Å². The second kappa shape index (κ2) is 34.6. The number of para-hydroxylation sites is 2. The lowest BCUT2D eigenvalue weighted by Gasteiger charge is -2.50. The minimum absolute atomic E-state index is 0.0111. The van der Waals surface area contributed by atoms with Crippen LogP contribution in [0.15, 0.2) is 95.3 Å². The number of nitrogens with one attached hydrogen (secondary N) is 4. The highest BCUT2D eigenvalue weighted by molar-refractivity contribution is 6.09. The number of imidazole rings is 2. The Morgan fingerprint density at radius 3 is 1.59 bits per heavy atom. The number of hydrogen-bond donors (Lipinski definition) is 4. The standard InChI is InChI=1S/C90H100F4N22O12/c1-49-41-107(31-27-69(49)125-35-7-11-52-9-5-13-64-77(52)105(3)89(123)115(64)66-23-25-73(117)101-87(66)121)43-51-15-19-55(20-16-51)113-46-62(75(103-113)81(91)92)97-86(120)61-40-96-112-34-30-72(100-84(61)112)110-45-59-38-68(110)80(128-59)79(108-32-28-70(50(2)42-108)126-36-8-12-53-10-6-14-65-78(53)106(4)90(124)116(65)67-24-26-74(118)102-88(67)122)54-17-21-56(22-18-54)114-47-63(76(104-114)82(93)94)98-85(119)60-39-95-111-33-29-71(99-83(60)111)109-44-58-37-57(109)48-127-58/h5-6,9-10,13-14,29-30,33-34,39-40,46-47,49-51,54-59,66-70,79-82H,15-28,31-32,35-38,41-45,48H2,1-4H3,(H,97,120)(H,98,119)(H,101,117,121)(H,102,118,122)/t49-,50-,51-,54-,55-,56-,57+,58+,59+,66?,67?,68+,69-,70+,79?,80?/m0/s1. The fraction of sp³-hybridized carbons (Fsp3) is 0.533. The average molecular weight is 1760 g/mol. The number of halogens is 4. The van der Waals surface area contributed by atoms with Crippen LogP contribution in [0.4, 0.5) is 40.6 Å². The van der Waals surface area contributed by atoms with E-state index in [9.17, 15) is 38.4 Å². The number of carbonyl (C=O) groups excluding carboxylic acids is 6. The van der Waals surface area contributed by atoms with Crippen LogP contribution in [0.1, 0.15) is 197 Å². The van der Waals surface area contributed by atoms with Crippen molar-refractivity contribution in [3.05, 3.63) is 140 Å². The Morgan fingerprint density at radius 2 is 1.10 bits per heavy atom. The predicted octanol–water partition coefficient (Wildman–Crippen LogP) is 8.22. The molecule has 12 atom stereocenters. The van der Waals surface area contributed by atoms with Crippen molar-refractivity contribution >= 4 is 91.8 Å². The monoisotopic (exact) mass is 1760 g/mol. The van der Waals surface area contributed by atoms with Gasteiger partial charge in [-0.15, -0.1) is 0 Å². The molecule has 8 aliphatic heterocycles. The van der Waals surface area contributed by atoms with E-state index in [1.165, 1.54) is 52.1 Å². The summed E-state index contributed by atoms with van der Waals surface area (Å²) in [4.78, 5) is 125. The van der Waals surface area contributed by atoms with Crippen LogP contribution < -0.4 is 42.4 Å². The minimum Gasteiger partial charge on any atom is -0.374 e. The zero-order valence-corrected chi connectivity index (χ0v) is 71.3. The summed E-state index contributed by atoms with van der Waals surface area (Å²) in [6, 6.07) is 12.2. The van der Waals surface area contributed by atoms with Crippen LogP contribution in [0.25, 0.3) is 33.4 Å². The Labute approximate surface area is 731 Å². The number of imide groups is 2. The average Bonchev–Trinajstić information content (AvgIpc) is 1.60. The van der Waals surface area contributed by atoms with Crippen LogP contribution in [0.5, 0.6) is 0 Å². The number of ether oxygens (including phenoxy) is 4. The molecule has 20 rings (SSSR count). The summed E-state index contributed by atoms with van der Waals surface area (Å²) in [6.45, 7) is 10.2. The van der Waals surface area contributed by atoms with Crippen molar-refractivity contribution in [3.8, 4) is 23.7 Å². The summed E-state index contributed by atoms with van der Waals surface area (Å²) in [5.74, 6) is 11.6. The number of aryl methyl sites for hydroxylation is 2. The minimum atomic E-state index is -3.00. The molecule has 6 amide bonds. The number of benzene rings is 2. The molecule has 34 nitrogen and oxygen atoms in total. The van der Waals surface area contributed by atoms with Gasteiger partial charge in [0.05, 0.1) is 118 Å². The van der Waals surface area contributed by atoms with Crippen LogP contribution >= 0.6 is 0 Å². The molecule has 0 radical (unpaired) electrons. The van der Waals surface area contributed by atoms with E-state index in [2.05, 4.69) is 98.8 Å². The van der Waals surface area contributed by atoms with Gasteiger partial charge >= 0.3 is 11.4 Å². The summed E-state index contributed by atoms with van der Waals surface area (Å²) in [6.07, 6.45) is 12.1. The molecule has 8 saturated heterocycles. The van der Waals surface area contributed by atoms with Gasteiger partial charge in [-0.1, -0.05) is 49.7 Å². The SMILES string of the molecule is C[C@H]1CN(C[C@H]2CC[C@H](n3cc(NC(=O)c4cnn5ccc(N6C[C@H]7C[C@@H]6C(C([C@H]6CC[C@H](n8cc(NC(=O)c9cnn%10ccc(N%11C[C@H]%12C[C@@H]%11CO%12)nc9%10)c(C(F)F)n8)CC6)N6CC[C@@H](OCC#Cc8cccc9c8n(C)c(=O)n9C8CCC(=O)NC8=O)[C@@H](C)C6)O7)nc45)c(C(F)F)n3)CC2)CC[C@@H]1OCC#Cc1cccc2c1n(C)c(=O)n2C1CCC(=O)NC1=O. The third-order valence-corrected chi connectivity index (χ3v) is 28.4. The highest BCUT2D eigenvalue weighted by Crippen LogP contribution is 2.47. The van der Waals surface area contributed by atoms with E-state index in [4.69, 9.17) is 28.9 Å². The lowest BCUT2D eigenvalue weighted by atomic mass is 9.77. The number of amides is 6. The summed E-state index contributed by atoms with van der Waals surface area (Å²) >= 11 is 0. The molecule has 0 spiro atoms. The van der Waals surface area contributed by atoms with Gasteiger partial charge in [0.2, 0.25) is 23.6 Å². The van der Waals surface area contributed by atoms with Gasteiger partial charge < -0.3 is 44.3 Å². The normalized spacial score (nSPS) is 27.2. The first-order valence-electron chi connectivity index (χ1n) is 44.6. The Balaban J connectivity index is 0.489. The first-order valence-corrected chi connectivity index (χ1v) is 44.6. The number of morpholine rings is 2. The summed E-state index contributed by atoms with van der Waals surface area (Å²) in [7, 11) is 3.28. The number of likely N-dealkylation sites (tertiary alicyclic amines) is 2. The number of nitrogens with zero attached hydrogens (tertiary/aromatic N) is 18. The van der Waals surface area contributed by atoms with Crippen molar-refractivity contribution in [2.75, 3.05) is 86.1 Å². The Bertz CT molecular complexity index is 6300. The zero-order chi connectivity index (χ0) is 88.2. The quantitative estimate of drug-likeness (QED) is 0.0299. The number of fused-ring (bicyclic) bond motifs is 8. The van der Waals surface area contributed by atoms with E-state index in [-0.39, 0.29) is 169 Å². The van der Waals surface area contributed by atoms with Crippen molar-refractivity contribution in [1.82, 2.24) is 87.5 Å². The van der Waals surface area contributed by atoms with Gasteiger partial charge in [0.25, 0.3) is 24.7 Å². The first-order chi connectivity index (χ1) is 62.0. The fourth-order valence-corrected chi connectivity index (χ4v) is 22.1.